The van der Waals surface area contributed by atoms with Gasteiger partial charge in [0.15, 0.2) is 0 Å². The third-order valence-electron chi connectivity index (χ3n) is 2.44. The Labute approximate surface area is 124 Å². The summed E-state index contributed by atoms with van der Waals surface area (Å²) in [5.74, 6) is 0. The van der Waals surface area contributed by atoms with Crippen molar-refractivity contribution >= 4 is 38.9 Å². The lowest BCUT2D eigenvalue weighted by Crippen LogP contribution is -2.08. The standard InChI is InChI=1S/C12H13BrClN3S/c1-15-6-2-3-11-16-17-12(18-11)9-7-8(14)4-5-10(9)13/h4-5,7,15H,2-3,6H2,1H3. The number of nitrogens with zero attached hydrogens (tertiary/aromatic N) is 2. The third-order valence-corrected chi connectivity index (χ3v) is 4.39. The van der Waals surface area contributed by atoms with Crippen LogP contribution in [0.3, 0.4) is 0 Å². The summed E-state index contributed by atoms with van der Waals surface area (Å²) >= 11 is 11.1. The zero-order valence-electron chi connectivity index (χ0n) is 9.91. The highest BCUT2D eigenvalue weighted by Gasteiger charge is 2.10. The van der Waals surface area contributed by atoms with Gasteiger partial charge in [0.25, 0.3) is 0 Å². The fourth-order valence-electron chi connectivity index (χ4n) is 1.54. The molecular formula is C12H13BrClN3S. The van der Waals surface area contributed by atoms with Crippen LogP contribution in [0.1, 0.15) is 11.4 Å². The molecule has 1 aromatic carbocycles. The first kappa shape index (κ1) is 13.9. The monoisotopic (exact) mass is 345 g/mol. The van der Waals surface area contributed by atoms with Gasteiger partial charge in [0.2, 0.25) is 0 Å². The topological polar surface area (TPSA) is 37.8 Å². The number of hydrogen-bond donors (Lipinski definition) is 1. The van der Waals surface area contributed by atoms with Crippen LogP contribution >= 0.6 is 38.9 Å². The number of halogens is 2. The number of aryl methyl sites for hydroxylation is 1. The highest BCUT2D eigenvalue weighted by molar-refractivity contribution is 9.10. The van der Waals surface area contributed by atoms with Crippen LogP contribution in [-0.2, 0) is 6.42 Å². The van der Waals surface area contributed by atoms with Crippen LogP contribution in [0, 0.1) is 0 Å². The summed E-state index contributed by atoms with van der Waals surface area (Å²) in [6.07, 6.45) is 2.03. The zero-order chi connectivity index (χ0) is 13.0. The summed E-state index contributed by atoms with van der Waals surface area (Å²) < 4.78 is 0.991. The Bertz CT molecular complexity index is 530. The molecule has 18 heavy (non-hydrogen) atoms. The van der Waals surface area contributed by atoms with E-state index in [4.69, 9.17) is 11.6 Å². The quantitative estimate of drug-likeness (QED) is 0.837. The Morgan fingerprint density at radius 1 is 1.39 bits per heavy atom. The normalized spacial score (nSPS) is 10.8. The molecule has 1 N–H and O–H groups in total. The minimum Gasteiger partial charge on any atom is -0.320 e. The molecule has 0 atom stereocenters. The molecule has 96 valence electrons. The van der Waals surface area contributed by atoms with Gasteiger partial charge in [-0.15, -0.1) is 10.2 Å². The lowest BCUT2D eigenvalue weighted by molar-refractivity contribution is 0.718. The second-order valence-corrected chi connectivity index (χ2v) is 6.19. The molecule has 3 nitrogen and oxygen atoms in total. The average Bonchev–Trinajstić information content (AvgIpc) is 2.81. The number of hydrogen-bond acceptors (Lipinski definition) is 4. The van der Waals surface area contributed by atoms with Crippen molar-refractivity contribution < 1.29 is 0 Å². The van der Waals surface area contributed by atoms with Crippen LogP contribution in [0.2, 0.25) is 5.02 Å². The van der Waals surface area contributed by atoms with Crippen molar-refractivity contribution in [1.29, 1.82) is 0 Å². The average molecular weight is 347 g/mol. The summed E-state index contributed by atoms with van der Waals surface area (Å²) in [6, 6.07) is 5.69. The maximum Gasteiger partial charge on any atom is 0.148 e. The predicted molar refractivity (Wildman–Crippen MR) is 80.3 cm³/mol. The van der Waals surface area contributed by atoms with Crippen LogP contribution < -0.4 is 5.32 Å². The molecule has 0 aliphatic rings. The van der Waals surface area contributed by atoms with Crippen molar-refractivity contribution in [2.24, 2.45) is 0 Å². The molecule has 0 radical (unpaired) electrons. The summed E-state index contributed by atoms with van der Waals surface area (Å²) in [4.78, 5) is 0. The van der Waals surface area contributed by atoms with Crippen molar-refractivity contribution in [1.82, 2.24) is 15.5 Å². The van der Waals surface area contributed by atoms with Gasteiger partial charge in [-0.05, 0) is 38.2 Å². The first-order valence-corrected chi connectivity index (χ1v) is 7.62. The molecule has 0 saturated heterocycles. The fraction of sp³-hybridized carbons (Fsp3) is 0.333. The molecule has 1 heterocycles. The Morgan fingerprint density at radius 2 is 2.22 bits per heavy atom. The Kier molecular flexibility index (Phi) is 5.12. The summed E-state index contributed by atoms with van der Waals surface area (Å²) in [7, 11) is 1.95. The van der Waals surface area contributed by atoms with E-state index in [0.717, 1.165) is 39.4 Å². The summed E-state index contributed by atoms with van der Waals surface area (Å²) in [5.41, 5.74) is 1.000. The van der Waals surface area contributed by atoms with Gasteiger partial charge in [-0.2, -0.15) is 0 Å². The molecule has 0 spiro atoms. The van der Waals surface area contributed by atoms with Crippen LogP contribution in [0.15, 0.2) is 22.7 Å². The molecule has 0 aliphatic carbocycles. The highest BCUT2D eigenvalue weighted by atomic mass is 79.9. The minimum absolute atomic E-state index is 0.708. The van der Waals surface area contributed by atoms with Crippen molar-refractivity contribution in [2.45, 2.75) is 12.8 Å². The fourth-order valence-corrected chi connectivity index (χ4v) is 3.19. The van der Waals surface area contributed by atoms with E-state index in [1.807, 2.05) is 25.2 Å². The molecule has 0 unspecified atom stereocenters. The van der Waals surface area contributed by atoms with Gasteiger partial charge in [0.1, 0.15) is 10.0 Å². The molecule has 0 aliphatic heterocycles. The Morgan fingerprint density at radius 3 is 3.00 bits per heavy atom. The van der Waals surface area contributed by atoms with Gasteiger partial charge in [-0.1, -0.05) is 38.9 Å². The van der Waals surface area contributed by atoms with Crippen LogP contribution in [0.5, 0.6) is 0 Å². The van der Waals surface area contributed by atoms with Crippen molar-refractivity contribution in [3.8, 4) is 10.6 Å². The molecule has 6 heteroatoms. The van der Waals surface area contributed by atoms with E-state index in [2.05, 4.69) is 31.4 Å². The molecule has 1 aromatic heterocycles. The number of aromatic nitrogens is 2. The van der Waals surface area contributed by atoms with Crippen molar-refractivity contribution in [2.75, 3.05) is 13.6 Å². The Hall–Kier alpha value is -0.490. The maximum atomic E-state index is 6.00. The first-order valence-electron chi connectivity index (χ1n) is 5.63. The SMILES string of the molecule is CNCCCc1nnc(-c2cc(Cl)ccc2Br)s1. The van der Waals surface area contributed by atoms with E-state index in [-0.39, 0.29) is 0 Å². The van der Waals surface area contributed by atoms with E-state index in [1.165, 1.54) is 0 Å². The molecule has 2 aromatic rings. The van der Waals surface area contributed by atoms with Gasteiger partial charge in [-0.25, -0.2) is 0 Å². The lowest BCUT2D eigenvalue weighted by Gasteiger charge is -1.99. The van der Waals surface area contributed by atoms with Crippen molar-refractivity contribution in [3.63, 3.8) is 0 Å². The Balaban J connectivity index is 2.16. The predicted octanol–water partition coefficient (Wildman–Crippen LogP) is 3.77. The van der Waals surface area contributed by atoms with Crippen LogP contribution in [-0.4, -0.2) is 23.8 Å². The molecule has 0 saturated carbocycles. The van der Waals surface area contributed by atoms with Crippen LogP contribution in [0.4, 0.5) is 0 Å². The van der Waals surface area contributed by atoms with E-state index < -0.39 is 0 Å². The zero-order valence-corrected chi connectivity index (χ0v) is 13.1. The van der Waals surface area contributed by atoms with E-state index in [1.54, 1.807) is 11.3 Å². The second-order valence-electron chi connectivity index (χ2n) is 3.83. The van der Waals surface area contributed by atoms with Gasteiger partial charge in [-0.3, -0.25) is 0 Å². The smallest absolute Gasteiger partial charge is 0.148 e. The van der Waals surface area contributed by atoms with E-state index in [0.29, 0.717) is 5.02 Å². The summed E-state index contributed by atoms with van der Waals surface area (Å²) in [6.45, 7) is 0.996. The van der Waals surface area contributed by atoms with Crippen LogP contribution in [0.25, 0.3) is 10.6 Å². The molecule has 0 fully saturated rings. The second kappa shape index (κ2) is 6.61. The van der Waals surface area contributed by atoms with Gasteiger partial charge < -0.3 is 5.32 Å². The summed E-state index contributed by atoms with van der Waals surface area (Å²) in [5, 5.41) is 14.2. The van der Waals surface area contributed by atoms with Gasteiger partial charge in [0.05, 0.1) is 0 Å². The van der Waals surface area contributed by atoms with E-state index in [9.17, 15) is 0 Å². The van der Waals surface area contributed by atoms with E-state index >= 15 is 0 Å². The number of nitrogens with one attached hydrogen (secondary N) is 1. The number of benzene rings is 1. The molecule has 2 rings (SSSR count). The van der Waals surface area contributed by atoms with Gasteiger partial charge >= 0.3 is 0 Å². The highest BCUT2D eigenvalue weighted by Crippen LogP contribution is 2.32. The molecule has 0 bridgehead atoms. The number of rotatable bonds is 5. The van der Waals surface area contributed by atoms with Crippen molar-refractivity contribution in [3.05, 3.63) is 32.7 Å². The lowest BCUT2D eigenvalue weighted by atomic mass is 10.2. The molecule has 0 amide bonds. The largest absolute Gasteiger partial charge is 0.320 e. The van der Waals surface area contributed by atoms with Gasteiger partial charge in [0, 0.05) is 21.5 Å². The minimum atomic E-state index is 0.708. The third kappa shape index (κ3) is 3.51. The maximum absolute atomic E-state index is 6.00. The molecular weight excluding hydrogens is 334 g/mol. The first-order chi connectivity index (χ1) is 8.70.